The molecule has 0 radical (unpaired) electrons. The molecule has 1 saturated heterocycles. The molecule has 3 rings (SSSR count). The summed E-state index contributed by atoms with van der Waals surface area (Å²) in [5.41, 5.74) is 2.80. The van der Waals surface area contributed by atoms with Gasteiger partial charge in [0.25, 0.3) is 0 Å². The molecule has 1 aliphatic heterocycles. The minimum atomic E-state index is 0.782. The quantitative estimate of drug-likeness (QED) is 0.885. The van der Waals surface area contributed by atoms with Gasteiger partial charge in [-0.3, -0.25) is 4.90 Å². The monoisotopic (exact) mass is 340 g/mol. The fourth-order valence-electron chi connectivity index (χ4n) is 2.38. The maximum Gasteiger partial charge on any atom is 0.0245 e. The molecule has 0 unspecified atom stereocenters. The summed E-state index contributed by atoms with van der Waals surface area (Å²) in [6.45, 7) is 4.53. The molecule has 4 heteroatoms. The van der Waals surface area contributed by atoms with Crippen LogP contribution in [0.1, 0.15) is 24.0 Å². The third-order valence-corrected chi connectivity index (χ3v) is 5.47. The molecule has 1 heterocycles. The van der Waals surface area contributed by atoms with E-state index in [0.29, 0.717) is 0 Å². The first-order valence-electron chi connectivity index (χ1n) is 7.12. The molecule has 0 atom stereocenters. The maximum absolute atomic E-state index is 3.74. The smallest absolute Gasteiger partial charge is 0.0245 e. The second-order valence-electron chi connectivity index (χ2n) is 5.47. The van der Waals surface area contributed by atoms with E-state index in [0.717, 1.165) is 19.1 Å². The van der Waals surface area contributed by atoms with Crippen molar-refractivity contribution < 1.29 is 0 Å². The van der Waals surface area contributed by atoms with Crippen LogP contribution in [0, 0.1) is 0 Å². The average Bonchev–Trinajstić information content (AvgIpc) is 3.25. The molecule has 1 aromatic rings. The van der Waals surface area contributed by atoms with Crippen LogP contribution in [0.15, 0.2) is 22.7 Å². The molecule has 1 saturated carbocycles. The summed E-state index contributed by atoms with van der Waals surface area (Å²) in [4.78, 5) is 2.55. The average molecular weight is 341 g/mol. The van der Waals surface area contributed by atoms with Crippen LogP contribution in [0.5, 0.6) is 0 Å². The third-order valence-electron chi connectivity index (χ3n) is 3.79. The predicted octanol–water partition coefficient (Wildman–Crippen LogP) is 3.25. The van der Waals surface area contributed by atoms with Gasteiger partial charge in [0.05, 0.1) is 0 Å². The maximum atomic E-state index is 3.74. The van der Waals surface area contributed by atoms with Crippen molar-refractivity contribution in [1.29, 1.82) is 0 Å². The number of thioether (sulfide) groups is 1. The molecule has 2 aliphatic rings. The van der Waals surface area contributed by atoms with Crippen molar-refractivity contribution in [3.63, 3.8) is 0 Å². The van der Waals surface area contributed by atoms with Gasteiger partial charge >= 0.3 is 0 Å². The molecular weight excluding hydrogens is 320 g/mol. The number of halogens is 1. The molecule has 19 heavy (non-hydrogen) atoms. The molecule has 0 spiro atoms. The first kappa shape index (κ1) is 13.9. The first-order valence-corrected chi connectivity index (χ1v) is 9.07. The Morgan fingerprint density at radius 1 is 1.26 bits per heavy atom. The second-order valence-corrected chi connectivity index (χ2v) is 7.55. The molecule has 0 aromatic heterocycles. The Hall–Kier alpha value is -0.0300. The van der Waals surface area contributed by atoms with E-state index in [1.54, 1.807) is 0 Å². The number of hydrogen-bond donors (Lipinski definition) is 1. The summed E-state index contributed by atoms with van der Waals surface area (Å²) in [6, 6.07) is 7.62. The molecule has 2 fully saturated rings. The van der Waals surface area contributed by atoms with Crippen LogP contribution >= 0.6 is 27.7 Å². The fourth-order valence-corrected chi connectivity index (χ4v) is 3.91. The molecule has 2 nitrogen and oxygen atoms in total. The van der Waals surface area contributed by atoms with Crippen molar-refractivity contribution in [2.75, 3.05) is 24.6 Å². The van der Waals surface area contributed by atoms with E-state index in [9.17, 15) is 0 Å². The van der Waals surface area contributed by atoms with Crippen molar-refractivity contribution in [2.24, 2.45) is 0 Å². The summed E-state index contributed by atoms with van der Waals surface area (Å²) in [7, 11) is 0. The van der Waals surface area contributed by atoms with E-state index in [4.69, 9.17) is 0 Å². The highest BCUT2D eigenvalue weighted by Gasteiger charge is 2.20. The normalized spacial score (nSPS) is 20.7. The minimum absolute atomic E-state index is 0.782. The Labute approximate surface area is 128 Å². The molecule has 104 valence electrons. The van der Waals surface area contributed by atoms with Crippen molar-refractivity contribution in [3.05, 3.63) is 33.8 Å². The highest BCUT2D eigenvalue weighted by Crippen LogP contribution is 2.23. The van der Waals surface area contributed by atoms with Crippen molar-refractivity contribution in [2.45, 2.75) is 32.0 Å². The van der Waals surface area contributed by atoms with E-state index in [1.165, 1.54) is 53.0 Å². The molecule has 0 amide bonds. The van der Waals surface area contributed by atoms with Gasteiger partial charge in [0, 0.05) is 48.2 Å². The standard InChI is InChI=1S/C15H21BrN2S/c16-15-9-12(10-17-14-3-4-14)1-2-13(15)11-18-5-7-19-8-6-18/h1-2,9,14,17H,3-8,10-11H2. The lowest BCUT2D eigenvalue weighted by molar-refractivity contribution is 0.294. The SMILES string of the molecule is Brc1cc(CNC2CC2)ccc1CN1CCSCC1. The van der Waals surface area contributed by atoms with Crippen molar-refractivity contribution in [1.82, 2.24) is 10.2 Å². The lowest BCUT2D eigenvalue weighted by Gasteiger charge is -2.26. The largest absolute Gasteiger partial charge is 0.310 e. The number of nitrogens with zero attached hydrogens (tertiary/aromatic N) is 1. The van der Waals surface area contributed by atoms with Gasteiger partial charge < -0.3 is 5.32 Å². The van der Waals surface area contributed by atoms with Crippen LogP contribution in [0.4, 0.5) is 0 Å². The van der Waals surface area contributed by atoms with Crippen LogP contribution in [0.2, 0.25) is 0 Å². The van der Waals surface area contributed by atoms with Crippen LogP contribution in [0.25, 0.3) is 0 Å². The van der Waals surface area contributed by atoms with Crippen LogP contribution < -0.4 is 5.32 Å². The summed E-state index contributed by atoms with van der Waals surface area (Å²) < 4.78 is 1.26. The van der Waals surface area contributed by atoms with Gasteiger partial charge in [0.2, 0.25) is 0 Å². The van der Waals surface area contributed by atoms with Crippen molar-refractivity contribution >= 4 is 27.7 Å². The summed E-state index contributed by atoms with van der Waals surface area (Å²) in [6.07, 6.45) is 2.71. The van der Waals surface area contributed by atoms with Crippen LogP contribution in [-0.2, 0) is 13.1 Å². The molecule has 0 bridgehead atoms. The Bertz CT molecular complexity index is 428. The van der Waals surface area contributed by atoms with Gasteiger partial charge in [-0.25, -0.2) is 0 Å². The highest BCUT2D eigenvalue weighted by atomic mass is 79.9. The highest BCUT2D eigenvalue weighted by molar-refractivity contribution is 9.10. The van der Waals surface area contributed by atoms with E-state index < -0.39 is 0 Å². The molecule has 1 aromatic carbocycles. The number of hydrogen-bond acceptors (Lipinski definition) is 3. The Morgan fingerprint density at radius 3 is 2.74 bits per heavy atom. The zero-order valence-corrected chi connectivity index (χ0v) is 13.6. The fraction of sp³-hybridized carbons (Fsp3) is 0.600. The van der Waals surface area contributed by atoms with Crippen LogP contribution in [-0.4, -0.2) is 35.5 Å². The molecule has 1 aliphatic carbocycles. The minimum Gasteiger partial charge on any atom is -0.310 e. The second kappa shape index (κ2) is 6.61. The summed E-state index contributed by atoms with van der Waals surface area (Å²) in [5, 5.41) is 3.57. The summed E-state index contributed by atoms with van der Waals surface area (Å²) in [5.74, 6) is 2.56. The van der Waals surface area contributed by atoms with Gasteiger partial charge in [0.15, 0.2) is 0 Å². The van der Waals surface area contributed by atoms with E-state index in [-0.39, 0.29) is 0 Å². The van der Waals surface area contributed by atoms with Gasteiger partial charge in [-0.2, -0.15) is 11.8 Å². The van der Waals surface area contributed by atoms with Gasteiger partial charge in [0.1, 0.15) is 0 Å². The molecule has 1 N–H and O–H groups in total. The lowest BCUT2D eigenvalue weighted by atomic mass is 10.1. The summed E-state index contributed by atoms with van der Waals surface area (Å²) >= 11 is 5.81. The Morgan fingerprint density at radius 2 is 2.05 bits per heavy atom. The first-order chi connectivity index (χ1) is 9.31. The van der Waals surface area contributed by atoms with Gasteiger partial charge in [-0.05, 0) is 30.0 Å². The number of benzene rings is 1. The number of rotatable bonds is 5. The number of nitrogens with one attached hydrogen (secondary N) is 1. The van der Waals surface area contributed by atoms with Gasteiger partial charge in [-0.1, -0.05) is 28.1 Å². The van der Waals surface area contributed by atoms with E-state index in [1.807, 2.05) is 0 Å². The molecular formula is C15H21BrN2S. The zero-order chi connectivity index (χ0) is 13.1. The zero-order valence-electron chi connectivity index (χ0n) is 11.2. The van der Waals surface area contributed by atoms with Crippen molar-refractivity contribution in [3.8, 4) is 0 Å². The Kier molecular flexibility index (Phi) is 4.85. The topological polar surface area (TPSA) is 15.3 Å². The van der Waals surface area contributed by atoms with Crippen LogP contribution in [0.3, 0.4) is 0 Å². The van der Waals surface area contributed by atoms with Gasteiger partial charge in [-0.15, -0.1) is 0 Å². The lowest BCUT2D eigenvalue weighted by Crippen LogP contribution is -2.32. The van der Waals surface area contributed by atoms with E-state index in [2.05, 4.69) is 56.1 Å². The third kappa shape index (κ3) is 4.22. The predicted molar refractivity (Wildman–Crippen MR) is 86.6 cm³/mol. The Balaban J connectivity index is 1.58. The van der Waals surface area contributed by atoms with E-state index >= 15 is 0 Å².